The van der Waals surface area contributed by atoms with Gasteiger partial charge in [-0.15, -0.1) is 0 Å². The summed E-state index contributed by atoms with van der Waals surface area (Å²) < 4.78 is 10.6. The molecule has 2 aromatic rings. The number of pyridine rings is 1. The highest BCUT2D eigenvalue weighted by atomic mass is 16.5. The molecule has 7 heteroatoms. The number of aromatic nitrogens is 1. The lowest BCUT2D eigenvalue weighted by molar-refractivity contribution is 0.354. The van der Waals surface area contributed by atoms with Crippen LogP contribution in [0.25, 0.3) is 0 Å². The van der Waals surface area contributed by atoms with Gasteiger partial charge in [-0.05, 0) is 49.1 Å². The molecule has 0 atom stereocenters. The molecule has 3 N–H and O–H groups in total. The van der Waals surface area contributed by atoms with Crippen molar-refractivity contribution in [2.24, 2.45) is 4.99 Å². The molecule has 0 fully saturated rings. The fourth-order valence-electron chi connectivity index (χ4n) is 2.72. The molecule has 0 amide bonds. The van der Waals surface area contributed by atoms with Gasteiger partial charge in [0, 0.05) is 32.9 Å². The number of ether oxygens (including phenoxy) is 2. The van der Waals surface area contributed by atoms with Gasteiger partial charge in [0.15, 0.2) is 17.5 Å². The van der Waals surface area contributed by atoms with Gasteiger partial charge in [-0.2, -0.15) is 0 Å². The smallest absolute Gasteiger partial charge is 0.190 e. The lowest BCUT2D eigenvalue weighted by atomic mass is 10.1. The quantitative estimate of drug-likeness (QED) is 0.314. The first-order chi connectivity index (χ1) is 13.8. The second kappa shape index (κ2) is 12.4. The third kappa shape index (κ3) is 7.34. The Morgan fingerprint density at radius 1 is 0.964 bits per heavy atom. The largest absolute Gasteiger partial charge is 0.493 e. The number of methoxy groups -OCH3 is 2. The van der Waals surface area contributed by atoms with E-state index in [2.05, 4.69) is 25.9 Å². The third-order valence-corrected chi connectivity index (χ3v) is 4.24. The van der Waals surface area contributed by atoms with Gasteiger partial charge in [-0.25, -0.2) is 4.98 Å². The molecule has 7 nitrogen and oxygen atoms in total. The van der Waals surface area contributed by atoms with Crippen molar-refractivity contribution in [2.75, 3.05) is 46.2 Å². The van der Waals surface area contributed by atoms with Crippen molar-refractivity contribution in [3.63, 3.8) is 0 Å². The third-order valence-electron chi connectivity index (χ3n) is 4.24. The molecule has 1 aromatic heterocycles. The Bertz CT molecular complexity index is 722. The Labute approximate surface area is 167 Å². The van der Waals surface area contributed by atoms with Gasteiger partial charge in [-0.1, -0.05) is 12.1 Å². The Morgan fingerprint density at radius 3 is 2.46 bits per heavy atom. The number of anilines is 1. The van der Waals surface area contributed by atoms with E-state index in [0.29, 0.717) is 0 Å². The summed E-state index contributed by atoms with van der Waals surface area (Å²) in [6.07, 6.45) is 4.78. The van der Waals surface area contributed by atoms with Crippen molar-refractivity contribution >= 4 is 11.8 Å². The number of nitrogens with zero attached hydrogens (tertiary/aromatic N) is 2. The first-order valence-corrected chi connectivity index (χ1v) is 9.57. The molecule has 2 rings (SSSR count). The van der Waals surface area contributed by atoms with Gasteiger partial charge >= 0.3 is 0 Å². The fraction of sp³-hybridized carbons (Fsp3) is 0.429. The molecule has 28 heavy (non-hydrogen) atoms. The fourth-order valence-corrected chi connectivity index (χ4v) is 2.72. The van der Waals surface area contributed by atoms with Crippen LogP contribution in [0.2, 0.25) is 0 Å². The van der Waals surface area contributed by atoms with Crippen molar-refractivity contribution < 1.29 is 9.47 Å². The second-order valence-electron chi connectivity index (χ2n) is 6.21. The van der Waals surface area contributed by atoms with Crippen LogP contribution in [0.5, 0.6) is 11.5 Å². The summed E-state index contributed by atoms with van der Waals surface area (Å²) in [4.78, 5) is 8.52. The lowest BCUT2D eigenvalue weighted by Crippen LogP contribution is -2.38. The number of rotatable bonds is 11. The van der Waals surface area contributed by atoms with Crippen molar-refractivity contribution in [3.8, 4) is 11.5 Å². The number of hydrogen-bond donors (Lipinski definition) is 3. The molecule has 1 heterocycles. The molecule has 0 radical (unpaired) electrons. The van der Waals surface area contributed by atoms with Crippen LogP contribution in [0.15, 0.2) is 47.6 Å². The highest BCUT2D eigenvalue weighted by molar-refractivity contribution is 5.79. The summed E-state index contributed by atoms with van der Waals surface area (Å²) in [5, 5.41) is 10.0. The highest BCUT2D eigenvalue weighted by Crippen LogP contribution is 2.27. The van der Waals surface area contributed by atoms with Crippen molar-refractivity contribution in [3.05, 3.63) is 48.2 Å². The van der Waals surface area contributed by atoms with E-state index < -0.39 is 0 Å². The molecule has 0 aliphatic heterocycles. The predicted molar refractivity (Wildman–Crippen MR) is 115 cm³/mol. The molecular weight excluding hydrogens is 354 g/mol. The first kappa shape index (κ1) is 21.3. The van der Waals surface area contributed by atoms with E-state index in [1.807, 2.05) is 36.4 Å². The van der Waals surface area contributed by atoms with Crippen LogP contribution in [-0.4, -0.2) is 51.8 Å². The number of guanidine groups is 1. The maximum atomic E-state index is 5.35. The van der Waals surface area contributed by atoms with Gasteiger partial charge in [0.25, 0.3) is 0 Å². The number of aliphatic imine (C=N–C) groups is 1. The van der Waals surface area contributed by atoms with E-state index in [4.69, 9.17) is 9.47 Å². The van der Waals surface area contributed by atoms with Crippen molar-refractivity contribution in [1.82, 2.24) is 15.6 Å². The van der Waals surface area contributed by atoms with Crippen molar-refractivity contribution in [1.29, 1.82) is 0 Å². The van der Waals surface area contributed by atoms with Gasteiger partial charge < -0.3 is 25.4 Å². The number of benzene rings is 1. The van der Waals surface area contributed by atoms with Crippen LogP contribution in [-0.2, 0) is 6.42 Å². The van der Waals surface area contributed by atoms with E-state index >= 15 is 0 Å². The minimum absolute atomic E-state index is 0.745. The number of nitrogens with one attached hydrogen (secondary N) is 3. The number of unbranched alkanes of at least 4 members (excludes halogenated alkanes) is 1. The zero-order chi connectivity index (χ0) is 20.0. The second-order valence-corrected chi connectivity index (χ2v) is 6.21. The summed E-state index contributed by atoms with van der Waals surface area (Å²) in [6.45, 7) is 2.57. The summed E-state index contributed by atoms with van der Waals surface area (Å²) in [7, 11) is 5.08. The van der Waals surface area contributed by atoms with Crippen LogP contribution in [0.3, 0.4) is 0 Å². The SMILES string of the molecule is CN=C(NCCCCNc1ccccn1)NCCc1ccc(OC)c(OC)c1. The summed E-state index contributed by atoms with van der Waals surface area (Å²) in [5.74, 6) is 3.23. The highest BCUT2D eigenvalue weighted by Gasteiger charge is 2.05. The van der Waals surface area contributed by atoms with E-state index in [1.165, 1.54) is 5.56 Å². The maximum absolute atomic E-state index is 5.35. The average Bonchev–Trinajstić information content (AvgIpc) is 2.75. The minimum Gasteiger partial charge on any atom is -0.493 e. The van der Waals surface area contributed by atoms with Crippen LogP contribution >= 0.6 is 0 Å². The molecule has 0 aliphatic rings. The van der Waals surface area contributed by atoms with E-state index in [9.17, 15) is 0 Å². The van der Waals surface area contributed by atoms with Crippen LogP contribution in [0.4, 0.5) is 5.82 Å². The standard InChI is InChI=1S/C21H31N5O2/c1-22-21(25-14-7-6-13-24-20-8-4-5-12-23-20)26-15-11-17-9-10-18(27-2)19(16-17)28-3/h4-5,8-10,12,16H,6-7,11,13-15H2,1-3H3,(H,23,24)(H2,22,25,26). The molecule has 0 unspecified atom stereocenters. The Morgan fingerprint density at radius 2 is 1.75 bits per heavy atom. The monoisotopic (exact) mass is 385 g/mol. The van der Waals surface area contributed by atoms with E-state index in [1.54, 1.807) is 27.5 Å². The molecule has 0 bridgehead atoms. The maximum Gasteiger partial charge on any atom is 0.190 e. The van der Waals surface area contributed by atoms with Gasteiger partial charge in [0.2, 0.25) is 0 Å². The molecule has 1 aromatic carbocycles. The number of hydrogen-bond acceptors (Lipinski definition) is 5. The topological polar surface area (TPSA) is 79.8 Å². The Hall–Kier alpha value is -2.96. The van der Waals surface area contributed by atoms with Gasteiger partial charge in [0.1, 0.15) is 5.82 Å². The van der Waals surface area contributed by atoms with Gasteiger partial charge in [0.05, 0.1) is 14.2 Å². The predicted octanol–water partition coefficient (Wildman–Crippen LogP) is 2.70. The zero-order valence-electron chi connectivity index (χ0n) is 17.0. The molecule has 0 saturated heterocycles. The Kier molecular flexibility index (Phi) is 9.47. The molecule has 152 valence electrons. The molecule has 0 saturated carbocycles. The lowest BCUT2D eigenvalue weighted by Gasteiger charge is -2.13. The van der Waals surface area contributed by atoms with Crippen LogP contribution in [0.1, 0.15) is 18.4 Å². The average molecular weight is 386 g/mol. The summed E-state index contributed by atoms with van der Waals surface area (Å²) >= 11 is 0. The first-order valence-electron chi connectivity index (χ1n) is 9.57. The molecule has 0 aliphatic carbocycles. The van der Waals surface area contributed by atoms with Crippen LogP contribution in [0, 0.1) is 0 Å². The molecular formula is C21H31N5O2. The van der Waals surface area contributed by atoms with E-state index in [-0.39, 0.29) is 0 Å². The van der Waals surface area contributed by atoms with E-state index in [0.717, 1.165) is 62.2 Å². The zero-order valence-corrected chi connectivity index (χ0v) is 17.0. The normalized spacial score (nSPS) is 11.0. The van der Waals surface area contributed by atoms with Gasteiger partial charge in [-0.3, -0.25) is 4.99 Å². The summed E-state index contributed by atoms with van der Waals surface area (Å²) in [6, 6.07) is 11.9. The minimum atomic E-state index is 0.745. The summed E-state index contributed by atoms with van der Waals surface area (Å²) in [5.41, 5.74) is 1.18. The Balaban J connectivity index is 1.61. The van der Waals surface area contributed by atoms with Crippen LogP contribution < -0.4 is 25.4 Å². The van der Waals surface area contributed by atoms with Crippen molar-refractivity contribution in [2.45, 2.75) is 19.3 Å². The molecule has 0 spiro atoms.